The van der Waals surface area contributed by atoms with Crippen LogP contribution in [0, 0.1) is 22.7 Å². The molecule has 0 radical (unpaired) electrons. The number of allylic oxidation sites excluding steroid dienone is 1. The van der Waals surface area contributed by atoms with Crippen LogP contribution in [0.3, 0.4) is 0 Å². The number of benzene rings is 2. The van der Waals surface area contributed by atoms with E-state index in [2.05, 4.69) is 26.3 Å². The molecule has 3 aromatic heterocycles. The molecule has 4 heterocycles. The lowest BCUT2D eigenvalue weighted by molar-refractivity contribution is -0.144. The maximum Gasteiger partial charge on any atom is 0.416 e. The number of para-hydroxylation sites is 1. The molecule has 64 heavy (non-hydrogen) atoms. The van der Waals surface area contributed by atoms with Crippen LogP contribution in [0.1, 0.15) is 73.9 Å². The third-order valence-electron chi connectivity index (χ3n) is 12.3. The molecule has 0 bridgehead atoms. The van der Waals surface area contributed by atoms with E-state index in [0.29, 0.717) is 34.3 Å². The quantitative estimate of drug-likeness (QED) is 0.111. The largest absolute Gasteiger partial charge is 0.470 e. The van der Waals surface area contributed by atoms with E-state index in [0.717, 1.165) is 12.1 Å². The van der Waals surface area contributed by atoms with E-state index in [1.165, 1.54) is 39.3 Å². The van der Waals surface area contributed by atoms with Crippen LogP contribution in [0.5, 0.6) is 5.88 Å². The van der Waals surface area contributed by atoms with Crippen molar-refractivity contribution >= 4 is 66.9 Å². The monoisotopic (exact) mass is 920 g/mol. The van der Waals surface area contributed by atoms with Gasteiger partial charge in [-0.2, -0.15) is 18.2 Å². The van der Waals surface area contributed by atoms with Gasteiger partial charge in [-0.1, -0.05) is 51.1 Å². The number of sulfonamides is 1. The molecule has 2 aromatic carbocycles. The number of hydrogen-bond acceptors (Lipinski definition) is 12. The van der Waals surface area contributed by atoms with Crippen LogP contribution >= 0.6 is 11.3 Å². The van der Waals surface area contributed by atoms with Gasteiger partial charge >= 0.3 is 6.18 Å². The van der Waals surface area contributed by atoms with Gasteiger partial charge in [-0.05, 0) is 54.9 Å². The summed E-state index contributed by atoms with van der Waals surface area (Å²) in [6, 6.07) is 10.2. The van der Waals surface area contributed by atoms with Gasteiger partial charge in [-0.25, -0.2) is 18.4 Å². The molecule has 2 saturated carbocycles. The Morgan fingerprint density at radius 2 is 1.77 bits per heavy atom. The summed E-state index contributed by atoms with van der Waals surface area (Å²) in [4.78, 5) is 73.0. The minimum atomic E-state index is -4.57. The van der Waals surface area contributed by atoms with Crippen molar-refractivity contribution in [3.63, 3.8) is 0 Å². The number of Topliss-reactive ketones (excluding diaryl/α,β-unsaturated/α-hetero) is 1. The molecule has 0 spiro atoms. The summed E-state index contributed by atoms with van der Waals surface area (Å²) in [5.74, 6) is -3.23. The average Bonchev–Trinajstić information content (AvgIpc) is 4.07. The second-order valence-corrected chi connectivity index (χ2v) is 21.1. The number of hydrogen-bond donors (Lipinski definition) is 1. The molecule has 0 unspecified atom stereocenters. The molecule has 5 aromatic rings. The Morgan fingerprint density at radius 3 is 2.39 bits per heavy atom. The van der Waals surface area contributed by atoms with Crippen molar-refractivity contribution in [3.8, 4) is 17.3 Å². The Balaban J connectivity index is 1.15. The fourth-order valence-corrected chi connectivity index (χ4v) is 10.6. The molecule has 3 amide bonds. The zero-order chi connectivity index (χ0) is 46.1. The van der Waals surface area contributed by atoms with Crippen LogP contribution in [0.25, 0.3) is 33.5 Å². The second-order valence-electron chi connectivity index (χ2n) is 18.2. The van der Waals surface area contributed by atoms with Gasteiger partial charge in [0.25, 0.3) is 11.8 Å². The van der Waals surface area contributed by atoms with Gasteiger partial charge in [0.15, 0.2) is 11.6 Å². The summed E-state index contributed by atoms with van der Waals surface area (Å²) < 4.78 is 81.2. The number of nitrogens with one attached hydrogen (secondary N) is 1. The first-order chi connectivity index (χ1) is 30.1. The minimum absolute atomic E-state index is 0.0444. The second kappa shape index (κ2) is 16.4. The topological polar surface area (TPSA) is 182 Å². The van der Waals surface area contributed by atoms with Gasteiger partial charge in [0.2, 0.25) is 27.4 Å². The van der Waals surface area contributed by atoms with E-state index in [1.807, 2.05) is 20.8 Å². The van der Waals surface area contributed by atoms with Crippen LogP contribution < -0.4 is 9.46 Å². The van der Waals surface area contributed by atoms with E-state index < -0.39 is 79.4 Å². The van der Waals surface area contributed by atoms with Gasteiger partial charge in [0, 0.05) is 55.6 Å². The fourth-order valence-electron chi connectivity index (χ4n) is 8.35. The number of halogens is 3. The highest BCUT2D eigenvalue weighted by molar-refractivity contribution is 7.90. The molecule has 1 aliphatic heterocycles. The van der Waals surface area contributed by atoms with E-state index in [-0.39, 0.29) is 66.7 Å². The predicted molar refractivity (Wildman–Crippen MR) is 232 cm³/mol. The van der Waals surface area contributed by atoms with Gasteiger partial charge in [0.05, 0.1) is 33.8 Å². The predicted octanol–water partition coefficient (Wildman–Crippen LogP) is 7.23. The van der Waals surface area contributed by atoms with Crippen molar-refractivity contribution in [3.05, 3.63) is 82.8 Å². The number of thiazole rings is 1. The molecular weight excluding hydrogens is 874 g/mol. The van der Waals surface area contributed by atoms with Crippen LogP contribution in [-0.2, 0) is 37.0 Å². The molecular formula is C45H47F3N6O8S2. The number of ether oxygens (including phenoxy) is 1. The number of amides is 3. The normalized spacial score (nSPS) is 21.8. The molecule has 3 aliphatic rings. The number of ketones is 1. The molecule has 8 rings (SSSR count). The number of furan rings is 1. The number of aromatic nitrogens is 3. The molecule has 3 fully saturated rings. The van der Waals surface area contributed by atoms with Crippen LogP contribution in [0.15, 0.2) is 71.0 Å². The average molecular weight is 921 g/mol. The van der Waals surface area contributed by atoms with E-state index in [1.54, 1.807) is 43.7 Å². The molecule has 5 atom stereocenters. The van der Waals surface area contributed by atoms with Crippen molar-refractivity contribution in [2.24, 2.45) is 22.7 Å². The number of carbonyl (C=O) groups excluding carboxylic acids is 4. The number of likely N-dealkylation sites (tertiary alicyclic amines) is 1. The number of nitrogens with zero attached hydrogens (tertiary/aromatic N) is 5. The Hall–Kier alpha value is -5.69. The van der Waals surface area contributed by atoms with Gasteiger partial charge in [-0.15, -0.1) is 17.9 Å². The van der Waals surface area contributed by atoms with E-state index in [9.17, 15) is 36.0 Å². The lowest BCUT2D eigenvalue weighted by Gasteiger charge is -2.35. The van der Waals surface area contributed by atoms with Crippen molar-refractivity contribution in [2.75, 3.05) is 20.6 Å². The van der Waals surface area contributed by atoms with E-state index >= 15 is 4.79 Å². The molecule has 338 valence electrons. The summed E-state index contributed by atoms with van der Waals surface area (Å²) in [5, 5.41) is 2.09. The number of fused-ring (bicyclic) bond motifs is 3. The highest BCUT2D eigenvalue weighted by Gasteiger charge is 2.61. The third kappa shape index (κ3) is 8.75. The first-order valence-electron chi connectivity index (χ1n) is 20.8. The SMILES string of the molecule is C=C[C@@H]1C[C@]1(CC(=O)[C@@H]1C[C@@H](Oc2nc(-c3ccc(C(F)(F)F)cc3)nc3c2oc2ccccc23)CN1C(=O)[C@@H](Cc1nc(C(=O)N(C)C)cs1)C(C)(C)C)C(=O)NS(=O)(=O)C1CC1. The van der Waals surface area contributed by atoms with E-state index in [4.69, 9.17) is 9.15 Å². The van der Waals surface area contributed by atoms with Gasteiger partial charge < -0.3 is 19.0 Å². The molecule has 1 N–H and O–H groups in total. The Kier molecular flexibility index (Phi) is 11.5. The lowest BCUT2D eigenvalue weighted by Crippen LogP contribution is -2.48. The standard InChI is InChI=1S/C45H47F3N6O8S2/c1-7-25-20-44(25,42(58)52-64(59,60)28-16-17-28)21-33(55)32-18-27(22-54(32)40(56)30(43(2,3)4)19-35-49-31(23-63-35)41(57)53(5)6)61-39-37-36(29-10-8-9-11-34(29)62-37)50-38(51-39)24-12-14-26(15-13-24)45(46,47)48/h7-15,23,25,27-28,30,32H,1,16-22H2,2-6H3,(H,52,58)/t25-,27-,30-,32+,44-/m1/s1. The Labute approximate surface area is 371 Å². The first-order valence-corrected chi connectivity index (χ1v) is 23.2. The van der Waals surface area contributed by atoms with Crippen LogP contribution in [-0.4, -0.2) is 94.7 Å². The summed E-state index contributed by atoms with van der Waals surface area (Å²) >= 11 is 1.24. The summed E-state index contributed by atoms with van der Waals surface area (Å²) in [7, 11) is -0.715. The lowest BCUT2D eigenvalue weighted by atomic mass is 9.77. The first kappa shape index (κ1) is 44.9. The van der Waals surface area contributed by atoms with Gasteiger partial charge in [0.1, 0.15) is 22.9 Å². The van der Waals surface area contributed by atoms with Crippen molar-refractivity contribution in [1.82, 2.24) is 29.5 Å². The smallest absolute Gasteiger partial charge is 0.416 e. The Bertz CT molecular complexity index is 2800. The molecule has 1 saturated heterocycles. The van der Waals surface area contributed by atoms with Crippen molar-refractivity contribution < 1.29 is 49.9 Å². The molecule has 14 nitrogen and oxygen atoms in total. The highest BCUT2D eigenvalue weighted by Crippen LogP contribution is 2.57. The van der Waals surface area contributed by atoms with Gasteiger partial charge in [-0.3, -0.25) is 23.9 Å². The third-order valence-corrected chi connectivity index (χ3v) is 15.0. The summed E-state index contributed by atoms with van der Waals surface area (Å²) in [6.45, 7) is 9.36. The minimum Gasteiger partial charge on any atom is -0.470 e. The number of rotatable bonds is 14. The number of carbonyl (C=O) groups is 4. The molecule has 19 heteroatoms. The summed E-state index contributed by atoms with van der Waals surface area (Å²) in [6.07, 6.45) is -3.18. The summed E-state index contributed by atoms with van der Waals surface area (Å²) in [5.41, 5.74) is -1.52. The fraction of sp³-hybridized carbons (Fsp3) is 0.444. The molecule has 2 aliphatic carbocycles. The van der Waals surface area contributed by atoms with Crippen molar-refractivity contribution in [1.29, 1.82) is 0 Å². The van der Waals surface area contributed by atoms with Crippen LogP contribution in [0.4, 0.5) is 13.2 Å². The maximum atomic E-state index is 15.1. The highest BCUT2D eigenvalue weighted by atomic mass is 32.2. The maximum absolute atomic E-state index is 15.1. The van der Waals surface area contributed by atoms with Crippen molar-refractivity contribution in [2.45, 2.75) is 82.9 Å². The zero-order valence-corrected chi connectivity index (χ0v) is 37.4. The number of alkyl halides is 3. The van der Waals surface area contributed by atoms with Crippen LogP contribution in [0.2, 0.25) is 0 Å². The Morgan fingerprint density at radius 1 is 1.06 bits per heavy atom. The zero-order valence-electron chi connectivity index (χ0n) is 35.8.